The molecule has 19 heavy (non-hydrogen) atoms. The lowest BCUT2D eigenvalue weighted by Gasteiger charge is -2.53. The molecule has 0 aromatic heterocycles. The van der Waals surface area contributed by atoms with Crippen LogP contribution in [0.15, 0.2) is 16.6 Å². The number of rotatable bonds is 4. The molecule has 0 amide bonds. The van der Waals surface area contributed by atoms with Crippen LogP contribution in [0.2, 0.25) is 0 Å². The van der Waals surface area contributed by atoms with Crippen molar-refractivity contribution in [3.05, 3.63) is 27.7 Å². The summed E-state index contributed by atoms with van der Waals surface area (Å²) in [6.07, 6.45) is 3.40. The molecule has 0 aliphatic heterocycles. The van der Waals surface area contributed by atoms with E-state index in [1.807, 2.05) is 0 Å². The summed E-state index contributed by atoms with van der Waals surface area (Å²) in [5.41, 5.74) is 8.82. The zero-order valence-corrected chi connectivity index (χ0v) is 13.9. The molecule has 2 N–H and O–H groups in total. The smallest absolute Gasteiger partial charge is 0.120 e. The van der Waals surface area contributed by atoms with E-state index >= 15 is 0 Å². The highest BCUT2D eigenvalue weighted by Gasteiger charge is 2.52. The molecule has 0 radical (unpaired) electrons. The van der Waals surface area contributed by atoms with Crippen molar-refractivity contribution in [2.24, 2.45) is 11.1 Å². The molecule has 1 aromatic rings. The average Bonchev–Trinajstić information content (AvgIpc) is 2.37. The summed E-state index contributed by atoms with van der Waals surface area (Å²) < 4.78 is 7.40. The first kappa shape index (κ1) is 14.9. The summed E-state index contributed by atoms with van der Waals surface area (Å²) >= 11 is 3.59. The second kappa shape index (κ2) is 5.45. The fraction of sp³-hybridized carbons (Fsp3) is 0.625. The third-order valence-corrected chi connectivity index (χ3v) is 6.10. The van der Waals surface area contributed by atoms with Gasteiger partial charge in [-0.25, -0.2) is 0 Å². The van der Waals surface area contributed by atoms with E-state index in [0.717, 1.165) is 25.0 Å². The van der Waals surface area contributed by atoms with Gasteiger partial charge in [0, 0.05) is 22.4 Å². The van der Waals surface area contributed by atoms with Crippen molar-refractivity contribution in [3.63, 3.8) is 0 Å². The summed E-state index contributed by atoms with van der Waals surface area (Å²) in [7, 11) is 0. The first-order chi connectivity index (χ1) is 8.94. The van der Waals surface area contributed by atoms with Gasteiger partial charge >= 0.3 is 0 Å². The Balaban J connectivity index is 2.19. The Morgan fingerprint density at radius 3 is 2.21 bits per heavy atom. The van der Waals surface area contributed by atoms with Crippen LogP contribution in [0.5, 0.6) is 5.75 Å². The molecule has 2 nitrogen and oxygen atoms in total. The number of benzene rings is 1. The predicted octanol–water partition coefficient (Wildman–Crippen LogP) is 4.35. The van der Waals surface area contributed by atoms with E-state index in [1.54, 1.807) is 0 Å². The Bertz CT molecular complexity index is 445. The fourth-order valence-electron chi connectivity index (χ4n) is 3.31. The predicted molar refractivity (Wildman–Crippen MR) is 83.6 cm³/mol. The summed E-state index contributed by atoms with van der Waals surface area (Å²) in [6.45, 7) is 8.64. The van der Waals surface area contributed by atoms with Crippen LogP contribution in [0.3, 0.4) is 0 Å². The van der Waals surface area contributed by atoms with Gasteiger partial charge in [0.25, 0.3) is 0 Å². The number of halogens is 1. The third kappa shape index (κ3) is 2.43. The van der Waals surface area contributed by atoms with Gasteiger partial charge in [0.15, 0.2) is 0 Å². The van der Waals surface area contributed by atoms with E-state index in [9.17, 15) is 0 Å². The molecular formula is C16H24BrNO. The molecule has 1 fully saturated rings. The van der Waals surface area contributed by atoms with Crippen molar-refractivity contribution in [2.75, 3.05) is 0 Å². The second-order valence-corrected chi connectivity index (χ2v) is 6.55. The maximum Gasteiger partial charge on any atom is 0.120 e. The van der Waals surface area contributed by atoms with Crippen LogP contribution in [-0.4, -0.2) is 12.1 Å². The number of nitrogens with two attached hydrogens (primary N) is 1. The van der Waals surface area contributed by atoms with Crippen LogP contribution in [0, 0.1) is 19.3 Å². The summed E-state index contributed by atoms with van der Waals surface area (Å²) in [6, 6.07) is 4.50. The van der Waals surface area contributed by atoms with Crippen LogP contribution in [0.1, 0.15) is 44.2 Å². The SMILES string of the molecule is CCC1(CC)C(N)CC1Oc1cc(C)c(Br)c(C)c1. The Hall–Kier alpha value is -0.540. The van der Waals surface area contributed by atoms with Gasteiger partial charge in [0.1, 0.15) is 11.9 Å². The molecule has 1 aliphatic carbocycles. The van der Waals surface area contributed by atoms with Crippen LogP contribution in [-0.2, 0) is 0 Å². The van der Waals surface area contributed by atoms with Gasteiger partial charge < -0.3 is 10.5 Å². The van der Waals surface area contributed by atoms with Crippen LogP contribution >= 0.6 is 15.9 Å². The zero-order chi connectivity index (χ0) is 14.2. The standard InChI is InChI=1S/C16H24BrNO/c1-5-16(6-2)13(18)9-14(16)19-12-7-10(3)15(17)11(4)8-12/h7-8,13-14H,5-6,9,18H2,1-4H3. The van der Waals surface area contributed by atoms with E-state index in [0.29, 0.717) is 0 Å². The van der Waals surface area contributed by atoms with Crippen molar-refractivity contribution in [1.29, 1.82) is 0 Å². The van der Waals surface area contributed by atoms with Crippen molar-refractivity contribution in [3.8, 4) is 5.75 Å². The van der Waals surface area contributed by atoms with Gasteiger partial charge in [0.05, 0.1) is 0 Å². The lowest BCUT2D eigenvalue weighted by Crippen LogP contribution is -2.62. The number of ether oxygens (including phenoxy) is 1. The van der Waals surface area contributed by atoms with Crippen molar-refractivity contribution >= 4 is 15.9 Å². The van der Waals surface area contributed by atoms with Crippen molar-refractivity contribution in [2.45, 2.75) is 59.1 Å². The first-order valence-corrected chi connectivity index (χ1v) is 7.93. The monoisotopic (exact) mass is 325 g/mol. The van der Waals surface area contributed by atoms with Gasteiger partial charge in [-0.2, -0.15) is 0 Å². The van der Waals surface area contributed by atoms with Gasteiger partial charge in [-0.15, -0.1) is 0 Å². The van der Waals surface area contributed by atoms with Crippen molar-refractivity contribution < 1.29 is 4.74 Å². The highest BCUT2D eigenvalue weighted by Crippen LogP contribution is 2.48. The van der Waals surface area contributed by atoms with Gasteiger partial charge in [-0.1, -0.05) is 29.8 Å². The van der Waals surface area contributed by atoms with E-state index < -0.39 is 0 Å². The number of aryl methyl sites for hydroxylation is 2. The summed E-state index contributed by atoms with van der Waals surface area (Å²) in [5, 5.41) is 0. The van der Waals surface area contributed by atoms with E-state index in [4.69, 9.17) is 10.5 Å². The molecule has 106 valence electrons. The van der Waals surface area contributed by atoms with Crippen LogP contribution < -0.4 is 10.5 Å². The molecule has 2 unspecified atom stereocenters. The quantitative estimate of drug-likeness (QED) is 0.893. The van der Waals surface area contributed by atoms with E-state index in [1.165, 1.54) is 15.6 Å². The largest absolute Gasteiger partial charge is 0.490 e. The summed E-state index contributed by atoms with van der Waals surface area (Å²) in [5.74, 6) is 0.973. The Labute approximate surface area is 124 Å². The second-order valence-electron chi connectivity index (χ2n) is 5.76. The number of hydrogen-bond donors (Lipinski definition) is 1. The lowest BCUT2D eigenvalue weighted by molar-refractivity contribution is -0.0722. The Morgan fingerprint density at radius 1 is 1.26 bits per heavy atom. The minimum Gasteiger partial charge on any atom is -0.490 e. The van der Waals surface area contributed by atoms with Gasteiger partial charge in [0.2, 0.25) is 0 Å². The van der Waals surface area contributed by atoms with E-state index in [2.05, 4.69) is 55.8 Å². The van der Waals surface area contributed by atoms with E-state index in [-0.39, 0.29) is 17.6 Å². The molecule has 2 rings (SSSR count). The van der Waals surface area contributed by atoms with Gasteiger partial charge in [-0.3, -0.25) is 0 Å². The molecular weight excluding hydrogens is 302 g/mol. The van der Waals surface area contributed by atoms with Crippen molar-refractivity contribution in [1.82, 2.24) is 0 Å². The fourth-order valence-corrected chi connectivity index (χ4v) is 3.54. The minimum atomic E-state index is 0.162. The molecule has 1 saturated carbocycles. The topological polar surface area (TPSA) is 35.2 Å². The average molecular weight is 326 g/mol. The molecule has 0 saturated heterocycles. The lowest BCUT2D eigenvalue weighted by atomic mass is 9.59. The molecule has 1 aromatic carbocycles. The van der Waals surface area contributed by atoms with Crippen LogP contribution in [0.4, 0.5) is 0 Å². The Kier molecular flexibility index (Phi) is 4.26. The van der Waals surface area contributed by atoms with Crippen LogP contribution in [0.25, 0.3) is 0 Å². The molecule has 0 bridgehead atoms. The number of hydrogen-bond acceptors (Lipinski definition) is 2. The Morgan fingerprint density at radius 2 is 1.79 bits per heavy atom. The normalized spacial score (nSPS) is 24.9. The molecule has 3 heteroatoms. The molecule has 2 atom stereocenters. The molecule has 0 spiro atoms. The van der Waals surface area contributed by atoms with Gasteiger partial charge in [-0.05, 0) is 49.9 Å². The highest BCUT2D eigenvalue weighted by molar-refractivity contribution is 9.10. The highest BCUT2D eigenvalue weighted by atomic mass is 79.9. The minimum absolute atomic E-state index is 0.162. The molecule has 0 heterocycles. The first-order valence-electron chi connectivity index (χ1n) is 7.13. The zero-order valence-electron chi connectivity index (χ0n) is 12.3. The summed E-state index contributed by atoms with van der Waals surface area (Å²) in [4.78, 5) is 0. The maximum atomic E-state index is 6.23. The third-order valence-electron chi connectivity index (χ3n) is 4.85. The maximum absolute atomic E-state index is 6.23. The molecule has 1 aliphatic rings.